The second-order valence-corrected chi connectivity index (χ2v) is 3.88. The molecule has 1 atom stereocenters. The fourth-order valence-corrected chi connectivity index (χ4v) is 1.73. The molecular weight excluding hydrogens is 207 g/mol. The van der Waals surface area contributed by atoms with Gasteiger partial charge in [0.05, 0.1) is 5.69 Å². The summed E-state index contributed by atoms with van der Waals surface area (Å²) >= 11 is 0. The van der Waals surface area contributed by atoms with Crippen LogP contribution in [0.5, 0.6) is 0 Å². The summed E-state index contributed by atoms with van der Waals surface area (Å²) in [5, 5.41) is 0. The number of nitrogens with zero attached hydrogens (tertiary/aromatic N) is 2. The van der Waals surface area contributed by atoms with Gasteiger partial charge in [-0.2, -0.15) is 0 Å². The van der Waals surface area contributed by atoms with Crippen molar-refractivity contribution in [3.8, 4) is 0 Å². The van der Waals surface area contributed by atoms with Crippen molar-refractivity contribution in [2.45, 2.75) is 26.2 Å². The number of hydrogen-bond donors (Lipinski definition) is 0. The fraction of sp³-hybridized carbons (Fsp3) is 0.333. The van der Waals surface area contributed by atoms with E-state index in [0.717, 1.165) is 18.4 Å². The molecule has 2 aromatic rings. The molecule has 0 amide bonds. The largest absolute Gasteiger partial charge is 0.296 e. The molecule has 0 fully saturated rings. The standard InChI is InChI=1S/C12H13FN2O/c1-3-8(2)12-10(7-16)15-6-9(13)4-5-11(15)14-12/h4-8H,3H2,1-2H3. The maximum Gasteiger partial charge on any atom is 0.168 e. The van der Waals surface area contributed by atoms with E-state index >= 15 is 0 Å². The first-order chi connectivity index (χ1) is 7.67. The number of imidazole rings is 1. The van der Waals surface area contributed by atoms with Crippen LogP contribution in [0.3, 0.4) is 0 Å². The Kier molecular flexibility index (Phi) is 2.73. The number of fused-ring (bicyclic) bond motifs is 1. The molecule has 16 heavy (non-hydrogen) atoms. The third kappa shape index (κ3) is 1.60. The van der Waals surface area contributed by atoms with E-state index in [4.69, 9.17) is 0 Å². The predicted molar refractivity (Wildman–Crippen MR) is 59.2 cm³/mol. The minimum atomic E-state index is -0.372. The lowest BCUT2D eigenvalue weighted by molar-refractivity contribution is 0.111. The molecule has 84 valence electrons. The van der Waals surface area contributed by atoms with Gasteiger partial charge in [0.2, 0.25) is 0 Å². The number of aldehydes is 1. The van der Waals surface area contributed by atoms with E-state index in [1.807, 2.05) is 13.8 Å². The Morgan fingerprint density at radius 2 is 2.31 bits per heavy atom. The lowest BCUT2D eigenvalue weighted by atomic mass is 10.0. The smallest absolute Gasteiger partial charge is 0.168 e. The highest BCUT2D eigenvalue weighted by atomic mass is 19.1. The molecule has 2 aromatic heterocycles. The van der Waals surface area contributed by atoms with Crippen LogP contribution in [0.2, 0.25) is 0 Å². The monoisotopic (exact) mass is 220 g/mol. The van der Waals surface area contributed by atoms with Gasteiger partial charge in [-0.3, -0.25) is 9.20 Å². The van der Waals surface area contributed by atoms with E-state index in [2.05, 4.69) is 4.98 Å². The van der Waals surface area contributed by atoms with Crippen LogP contribution in [0.4, 0.5) is 4.39 Å². The summed E-state index contributed by atoms with van der Waals surface area (Å²) in [7, 11) is 0. The molecule has 0 spiro atoms. The molecule has 0 N–H and O–H groups in total. The van der Waals surface area contributed by atoms with E-state index in [1.165, 1.54) is 16.7 Å². The highest BCUT2D eigenvalue weighted by molar-refractivity contribution is 5.76. The molecule has 4 heteroatoms. The fourth-order valence-electron chi connectivity index (χ4n) is 1.73. The molecule has 0 saturated carbocycles. The minimum Gasteiger partial charge on any atom is -0.296 e. The molecule has 0 aliphatic rings. The van der Waals surface area contributed by atoms with Gasteiger partial charge in [-0.25, -0.2) is 9.37 Å². The van der Waals surface area contributed by atoms with Crippen LogP contribution in [-0.4, -0.2) is 15.7 Å². The molecule has 0 aliphatic heterocycles. The second-order valence-electron chi connectivity index (χ2n) is 3.88. The number of aromatic nitrogens is 2. The highest BCUT2D eigenvalue weighted by Crippen LogP contribution is 2.22. The first-order valence-corrected chi connectivity index (χ1v) is 5.30. The Labute approximate surface area is 92.9 Å². The molecule has 0 bridgehead atoms. The van der Waals surface area contributed by atoms with Crippen LogP contribution in [0.25, 0.3) is 5.65 Å². The van der Waals surface area contributed by atoms with Crippen molar-refractivity contribution in [1.82, 2.24) is 9.38 Å². The topological polar surface area (TPSA) is 34.4 Å². The quantitative estimate of drug-likeness (QED) is 0.745. The zero-order chi connectivity index (χ0) is 11.7. The van der Waals surface area contributed by atoms with Crippen molar-refractivity contribution >= 4 is 11.9 Å². The van der Waals surface area contributed by atoms with E-state index in [-0.39, 0.29) is 11.7 Å². The number of halogens is 1. The summed E-state index contributed by atoms with van der Waals surface area (Å²) in [6.45, 7) is 4.04. The summed E-state index contributed by atoms with van der Waals surface area (Å²) in [4.78, 5) is 15.4. The Balaban J connectivity index is 2.71. The molecule has 0 aromatic carbocycles. The van der Waals surface area contributed by atoms with E-state index < -0.39 is 0 Å². The van der Waals surface area contributed by atoms with Crippen molar-refractivity contribution in [2.24, 2.45) is 0 Å². The van der Waals surface area contributed by atoms with Gasteiger partial charge in [0.25, 0.3) is 0 Å². The predicted octanol–water partition coefficient (Wildman–Crippen LogP) is 2.80. The molecule has 2 heterocycles. The average Bonchev–Trinajstić information content (AvgIpc) is 2.65. The van der Waals surface area contributed by atoms with Crippen molar-refractivity contribution in [2.75, 3.05) is 0 Å². The summed E-state index contributed by atoms with van der Waals surface area (Å²) in [6, 6.07) is 2.92. The van der Waals surface area contributed by atoms with Gasteiger partial charge in [0.15, 0.2) is 6.29 Å². The molecular formula is C12H13FN2O. The Hall–Kier alpha value is -1.71. The van der Waals surface area contributed by atoms with Crippen LogP contribution >= 0.6 is 0 Å². The zero-order valence-electron chi connectivity index (χ0n) is 9.27. The number of rotatable bonds is 3. The molecule has 1 unspecified atom stereocenters. The molecule has 3 nitrogen and oxygen atoms in total. The molecule has 0 saturated heterocycles. The third-order valence-corrected chi connectivity index (χ3v) is 2.84. The summed E-state index contributed by atoms with van der Waals surface area (Å²) in [6.07, 6.45) is 2.92. The van der Waals surface area contributed by atoms with Crippen LogP contribution in [0.1, 0.15) is 42.4 Å². The van der Waals surface area contributed by atoms with Gasteiger partial charge in [-0.15, -0.1) is 0 Å². The Morgan fingerprint density at radius 1 is 1.56 bits per heavy atom. The summed E-state index contributed by atoms with van der Waals surface area (Å²) in [5.41, 5.74) is 1.80. The SMILES string of the molecule is CCC(C)c1nc2ccc(F)cn2c1C=O. The molecule has 0 radical (unpaired) electrons. The maximum absolute atomic E-state index is 13.1. The lowest BCUT2D eigenvalue weighted by Gasteiger charge is -2.04. The Morgan fingerprint density at radius 3 is 2.94 bits per heavy atom. The van der Waals surface area contributed by atoms with Crippen molar-refractivity contribution in [3.05, 3.63) is 35.5 Å². The van der Waals surface area contributed by atoms with Gasteiger partial charge in [-0.1, -0.05) is 13.8 Å². The average molecular weight is 220 g/mol. The minimum absolute atomic E-state index is 0.197. The van der Waals surface area contributed by atoms with E-state index in [0.29, 0.717) is 11.3 Å². The number of carbonyl (C=O) groups is 1. The normalized spacial score (nSPS) is 12.9. The van der Waals surface area contributed by atoms with Gasteiger partial charge in [-0.05, 0) is 18.6 Å². The number of hydrogen-bond acceptors (Lipinski definition) is 2. The van der Waals surface area contributed by atoms with Crippen molar-refractivity contribution < 1.29 is 9.18 Å². The Bertz CT molecular complexity index is 533. The highest BCUT2D eigenvalue weighted by Gasteiger charge is 2.16. The molecule has 0 aliphatic carbocycles. The van der Waals surface area contributed by atoms with Crippen LogP contribution in [0.15, 0.2) is 18.3 Å². The summed E-state index contributed by atoms with van der Waals surface area (Å²) < 4.78 is 14.6. The third-order valence-electron chi connectivity index (χ3n) is 2.84. The molecule has 2 rings (SSSR count). The van der Waals surface area contributed by atoms with E-state index in [9.17, 15) is 9.18 Å². The van der Waals surface area contributed by atoms with Crippen molar-refractivity contribution in [3.63, 3.8) is 0 Å². The van der Waals surface area contributed by atoms with Crippen LogP contribution in [0, 0.1) is 5.82 Å². The van der Waals surface area contributed by atoms with Gasteiger partial charge in [0, 0.05) is 12.1 Å². The first kappa shape index (κ1) is 10.8. The van der Waals surface area contributed by atoms with Crippen LogP contribution in [-0.2, 0) is 0 Å². The number of pyridine rings is 1. The van der Waals surface area contributed by atoms with Gasteiger partial charge in [0.1, 0.15) is 17.2 Å². The first-order valence-electron chi connectivity index (χ1n) is 5.30. The van der Waals surface area contributed by atoms with Crippen molar-refractivity contribution in [1.29, 1.82) is 0 Å². The van der Waals surface area contributed by atoms with Gasteiger partial charge < -0.3 is 0 Å². The van der Waals surface area contributed by atoms with Crippen LogP contribution < -0.4 is 0 Å². The van der Waals surface area contributed by atoms with Gasteiger partial charge >= 0.3 is 0 Å². The summed E-state index contributed by atoms with van der Waals surface area (Å²) in [5.74, 6) is -0.174. The number of carbonyl (C=O) groups excluding carboxylic acids is 1. The van der Waals surface area contributed by atoms with E-state index in [1.54, 1.807) is 6.07 Å². The zero-order valence-corrected chi connectivity index (χ0v) is 9.27. The lowest BCUT2D eigenvalue weighted by Crippen LogP contribution is -1.99. The maximum atomic E-state index is 13.1. The second kappa shape index (κ2) is 4.04.